The van der Waals surface area contributed by atoms with Crippen LogP contribution in [0.25, 0.3) is 0 Å². The van der Waals surface area contributed by atoms with Crippen LogP contribution in [0.3, 0.4) is 0 Å². The number of H-pyrrole nitrogens is 2. The number of aromatic amines is 2. The van der Waals surface area contributed by atoms with E-state index in [0.29, 0.717) is 5.56 Å². The molecule has 6 nitrogen and oxygen atoms in total. The Morgan fingerprint density at radius 1 is 1.77 bits per heavy atom. The first-order chi connectivity index (χ1) is 6.24. The van der Waals surface area contributed by atoms with E-state index in [0.717, 1.165) is 0 Å². The Labute approximate surface area is 73.6 Å². The van der Waals surface area contributed by atoms with Gasteiger partial charge in [0.1, 0.15) is 5.56 Å². The van der Waals surface area contributed by atoms with Crippen LogP contribution in [-0.2, 0) is 9.53 Å². The molecule has 0 unspecified atom stereocenters. The van der Waals surface area contributed by atoms with Gasteiger partial charge in [0.15, 0.2) is 6.21 Å². The van der Waals surface area contributed by atoms with Crippen molar-refractivity contribution < 1.29 is 14.5 Å². The van der Waals surface area contributed by atoms with E-state index in [1.165, 1.54) is 19.5 Å². The molecule has 0 amide bonds. The van der Waals surface area contributed by atoms with E-state index in [1.807, 2.05) is 0 Å². The largest absolute Gasteiger partial charge is 0.464 e. The van der Waals surface area contributed by atoms with Crippen LogP contribution in [0.15, 0.2) is 11.0 Å². The first-order valence-electron chi connectivity index (χ1n) is 3.63. The van der Waals surface area contributed by atoms with Crippen molar-refractivity contribution in [1.82, 2.24) is 10.2 Å². The summed E-state index contributed by atoms with van der Waals surface area (Å²) in [6, 6.07) is 0. The van der Waals surface area contributed by atoms with Gasteiger partial charge in [-0.2, -0.15) is 0 Å². The lowest BCUT2D eigenvalue weighted by atomic mass is 10.4. The molecule has 0 bridgehead atoms. The Morgan fingerprint density at radius 2 is 2.54 bits per heavy atom. The van der Waals surface area contributed by atoms with Gasteiger partial charge in [-0.25, -0.2) is 9.79 Å². The summed E-state index contributed by atoms with van der Waals surface area (Å²) >= 11 is 0. The van der Waals surface area contributed by atoms with E-state index in [9.17, 15) is 9.59 Å². The third-order valence-corrected chi connectivity index (χ3v) is 1.41. The van der Waals surface area contributed by atoms with Crippen molar-refractivity contribution >= 4 is 12.2 Å². The Bertz CT molecular complexity index is 363. The van der Waals surface area contributed by atoms with Gasteiger partial charge < -0.3 is 9.84 Å². The van der Waals surface area contributed by atoms with Crippen LogP contribution >= 0.6 is 0 Å². The molecule has 0 spiro atoms. The van der Waals surface area contributed by atoms with E-state index >= 15 is 0 Å². The number of nitrogens with one attached hydrogen (secondary N) is 3. The second-order valence-electron chi connectivity index (χ2n) is 2.30. The second kappa shape index (κ2) is 4.24. The van der Waals surface area contributed by atoms with Crippen molar-refractivity contribution in [2.24, 2.45) is 0 Å². The monoisotopic (exact) mass is 184 g/mol. The molecule has 0 aliphatic heterocycles. The predicted octanol–water partition coefficient (Wildman–Crippen LogP) is -2.62. The average Bonchev–Trinajstić information content (AvgIpc) is 2.52. The van der Waals surface area contributed by atoms with Crippen LogP contribution in [0.1, 0.15) is 5.56 Å². The number of hydrogen-bond acceptors (Lipinski definition) is 3. The van der Waals surface area contributed by atoms with E-state index in [4.69, 9.17) is 0 Å². The van der Waals surface area contributed by atoms with Crippen LogP contribution in [0, 0.1) is 0 Å². The Hall–Kier alpha value is -1.85. The van der Waals surface area contributed by atoms with Crippen LogP contribution in [-0.4, -0.2) is 36.0 Å². The molecule has 3 N–H and O–H groups in total. The maximum Gasteiger partial charge on any atom is 0.371 e. The summed E-state index contributed by atoms with van der Waals surface area (Å²) in [6.45, 7) is 0.0428. The van der Waals surface area contributed by atoms with E-state index in [1.54, 1.807) is 0 Å². The highest BCUT2D eigenvalue weighted by molar-refractivity contribution is 5.75. The number of methoxy groups -OCH3 is 1. The molecular formula is C7H10N3O3+. The third-order valence-electron chi connectivity index (χ3n) is 1.41. The van der Waals surface area contributed by atoms with Gasteiger partial charge in [0.25, 0.3) is 5.56 Å². The van der Waals surface area contributed by atoms with E-state index in [-0.39, 0.29) is 18.1 Å². The minimum absolute atomic E-state index is 0.0428. The molecule has 6 heteroatoms. The van der Waals surface area contributed by atoms with Gasteiger partial charge in [-0.05, 0) is 0 Å². The molecular weight excluding hydrogens is 174 g/mol. The number of carbonyl (C=O) groups is 1. The molecule has 0 saturated heterocycles. The summed E-state index contributed by atoms with van der Waals surface area (Å²) in [5.41, 5.74) is 0.196. The zero-order valence-electron chi connectivity index (χ0n) is 7.09. The fourth-order valence-corrected chi connectivity index (χ4v) is 0.741. The number of carbonyl (C=O) groups excluding carboxylic acids is 1. The van der Waals surface area contributed by atoms with Crippen LogP contribution < -0.4 is 10.6 Å². The van der Waals surface area contributed by atoms with Gasteiger partial charge in [0, 0.05) is 6.20 Å². The molecule has 0 aliphatic rings. The van der Waals surface area contributed by atoms with Crippen molar-refractivity contribution in [2.45, 2.75) is 0 Å². The molecule has 1 aromatic heterocycles. The number of aromatic nitrogens is 2. The summed E-state index contributed by atoms with van der Waals surface area (Å²) in [5.74, 6) is -0.386. The van der Waals surface area contributed by atoms with Crippen molar-refractivity contribution in [2.75, 3.05) is 13.7 Å². The molecule has 70 valence electrons. The quantitative estimate of drug-likeness (QED) is 0.355. The van der Waals surface area contributed by atoms with Gasteiger partial charge >= 0.3 is 5.97 Å². The first-order valence-corrected chi connectivity index (χ1v) is 3.63. The molecule has 0 radical (unpaired) electrons. The molecule has 13 heavy (non-hydrogen) atoms. The predicted molar refractivity (Wildman–Crippen MR) is 44.4 cm³/mol. The topological polar surface area (TPSA) is 88.9 Å². The second-order valence-corrected chi connectivity index (χ2v) is 2.30. The Morgan fingerprint density at radius 3 is 3.08 bits per heavy atom. The van der Waals surface area contributed by atoms with Gasteiger partial charge in [0.2, 0.25) is 6.54 Å². The lowest BCUT2D eigenvalue weighted by molar-refractivity contribution is -0.441. The van der Waals surface area contributed by atoms with Crippen molar-refractivity contribution in [1.29, 1.82) is 0 Å². The van der Waals surface area contributed by atoms with E-state index < -0.39 is 0 Å². The smallest absolute Gasteiger partial charge is 0.371 e. The fraction of sp³-hybridized carbons (Fsp3) is 0.286. The highest BCUT2D eigenvalue weighted by Crippen LogP contribution is 1.73. The number of esters is 1. The van der Waals surface area contributed by atoms with Gasteiger partial charge in [-0.1, -0.05) is 0 Å². The van der Waals surface area contributed by atoms with Crippen molar-refractivity contribution in [3.05, 3.63) is 22.1 Å². The standard InChI is InChI=1S/C7H9N3O3/c1-13-6(11)4-8-2-5-3-9-10-7(5)12/h2-3H,4H2,1H3,(H2,9,10,12)/p+1. The molecule has 1 heterocycles. The lowest BCUT2D eigenvalue weighted by Gasteiger charge is -1.86. The summed E-state index contributed by atoms with van der Waals surface area (Å²) in [7, 11) is 1.30. The summed E-state index contributed by atoms with van der Waals surface area (Å²) in [6.07, 6.45) is 2.93. The average molecular weight is 184 g/mol. The molecule has 1 aromatic rings. The number of ether oxygens (including phenoxy) is 1. The maximum atomic E-state index is 10.9. The van der Waals surface area contributed by atoms with Gasteiger partial charge in [0.05, 0.1) is 7.11 Å². The Kier molecular flexibility index (Phi) is 3.02. The molecule has 0 atom stereocenters. The van der Waals surface area contributed by atoms with Crippen LogP contribution in [0.2, 0.25) is 0 Å². The SMILES string of the molecule is COC(=O)C[NH+]=Cc1c[nH][nH]c1=O. The molecule has 0 aliphatic carbocycles. The normalized spacial score (nSPS) is 10.5. The van der Waals surface area contributed by atoms with Gasteiger partial charge in [-0.3, -0.25) is 9.89 Å². The molecule has 0 fully saturated rings. The first kappa shape index (κ1) is 9.24. The fourth-order valence-electron chi connectivity index (χ4n) is 0.741. The van der Waals surface area contributed by atoms with Crippen LogP contribution in [0.5, 0.6) is 0 Å². The highest BCUT2D eigenvalue weighted by atomic mass is 16.5. The van der Waals surface area contributed by atoms with Crippen LogP contribution in [0.4, 0.5) is 0 Å². The molecule has 0 aromatic carbocycles. The Balaban J connectivity index is 2.55. The zero-order valence-corrected chi connectivity index (χ0v) is 7.09. The number of hydrogen-bond donors (Lipinski definition) is 3. The summed E-state index contributed by atoms with van der Waals surface area (Å²) in [4.78, 5) is 24.2. The summed E-state index contributed by atoms with van der Waals surface area (Å²) < 4.78 is 4.38. The zero-order chi connectivity index (χ0) is 9.68. The maximum absolute atomic E-state index is 10.9. The van der Waals surface area contributed by atoms with E-state index in [2.05, 4.69) is 19.9 Å². The lowest BCUT2D eigenvalue weighted by Crippen LogP contribution is -2.71. The third kappa shape index (κ3) is 2.58. The van der Waals surface area contributed by atoms with Gasteiger partial charge in [-0.15, -0.1) is 0 Å². The summed E-state index contributed by atoms with van der Waals surface area (Å²) in [5, 5.41) is 4.88. The molecule has 0 saturated carbocycles. The number of rotatable bonds is 3. The van der Waals surface area contributed by atoms with Crippen molar-refractivity contribution in [3.63, 3.8) is 0 Å². The minimum atomic E-state index is -0.386. The minimum Gasteiger partial charge on any atom is -0.464 e. The van der Waals surface area contributed by atoms with Crippen molar-refractivity contribution in [3.8, 4) is 0 Å². The molecule has 1 rings (SSSR count). The highest BCUT2D eigenvalue weighted by Gasteiger charge is 2.02.